The molecule has 0 radical (unpaired) electrons. The van der Waals surface area contributed by atoms with Gasteiger partial charge in [0.15, 0.2) is 0 Å². The number of esters is 1. The summed E-state index contributed by atoms with van der Waals surface area (Å²) in [5.41, 5.74) is 0. The molecular weight excluding hydrogens is 164 g/mol. The zero-order valence-corrected chi connectivity index (χ0v) is 7.18. The molecule has 0 aromatic heterocycles. The SMILES string of the molecule is O=C(CS)OC1CCCCO1. The second kappa shape index (κ2) is 4.62. The predicted octanol–water partition coefficient (Wildman–Crippen LogP) is 0.986. The van der Waals surface area contributed by atoms with Crippen molar-refractivity contribution in [2.45, 2.75) is 25.6 Å². The van der Waals surface area contributed by atoms with Gasteiger partial charge in [-0.3, -0.25) is 4.79 Å². The van der Waals surface area contributed by atoms with Crippen LogP contribution in [0, 0.1) is 0 Å². The number of carbonyl (C=O) groups is 1. The van der Waals surface area contributed by atoms with E-state index in [1.54, 1.807) is 0 Å². The summed E-state index contributed by atoms with van der Waals surface area (Å²) in [5, 5.41) is 0. The summed E-state index contributed by atoms with van der Waals surface area (Å²) in [4.78, 5) is 10.7. The van der Waals surface area contributed by atoms with E-state index in [1.807, 2.05) is 0 Å². The van der Waals surface area contributed by atoms with E-state index in [1.165, 1.54) is 0 Å². The Morgan fingerprint density at radius 2 is 2.45 bits per heavy atom. The van der Waals surface area contributed by atoms with Crippen LogP contribution in [0.25, 0.3) is 0 Å². The summed E-state index contributed by atoms with van der Waals surface area (Å²) in [6.07, 6.45) is 2.64. The van der Waals surface area contributed by atoms with Crippen molar-refractivity contribution in [2.24, 2.45) is 0 Å². The normalized spacial score (nSPS) is 24.6. The number of ether oxygens (including phenoxy) is 2. The van der Waals surface area contributed by atoms with Crippen LogP contribution in [0.3, 0.4) is 0 Å². The van der Waals surface area contributed by atoms with Crippen LogP contribution in [-0.2, 0) is 14.3 Å². The Morgan fingerprint density at radius 3 is 3.00 bits per heavy atom. The number of rotatable bonds is 2. The molecule has 1 fully saturated rings. The van der Waals surface area contributed by atoms with Crippen molar-refractivity contribution in [3.8, 4) is 0 Å². The Morgan fingerprint density at radius 1 is 1.64 bits per heavy atom. The largest absolute Gasteiger partial charge is 0.435 e. The Bertz CT molecular complexity index is 132. The Balaban J connectivity index is 2.19. The Hall–Kier alpha value is -0.220. The van der Waals surface area contributed by atoms with E-state index in [-0.39, 0.29) is 18.0 Å². The van der Waals surface area contributed by atoms with Crippen LogP contribution in [0.5, 0.6) is 0 Å². The van der Waals surface area contributed by atoms with E-state index in [0.717, 1.165) is 19.3 Å². The monoisotopic (exact) mass is 176 g/mol. The first-order valence-corrected chi connectivity index (χ1v) is 4.38. The van der Waals surface area contributed by atoms with Crippen LogP contribution in [0.1, 0.15) is 19.3 Å². The molecule has 64 valence electrons. The van der Waals surface area contributed by atoms with E-state index in [0.29, 0.717) is 6.61 Å². The first kappa shape index (κ1) is 8.87. The van der Waals surface area contributed by atoms with Gasteiger partial charge in [0, 0.05) is 6.42 Å². The van der Waals surface area contributed by atoms with Crippen LogP contribution >= 0.6 is 12.6 Å². The highest BCUT2D eigenvalue weighted by molar-refractivity contribution is 7.81. The number of hydrogen-bond acceptors (Lipinski definition) is 4. The lowest BCUT2D eigenvalue weighted by Gasteiger charge is -2.21. The number of carbonyl (C=O) groups excluding carboxylic acids is 1. The van der Waals surface area contributed by atoms with Gasteiger partial charge in [0.25, 0.3) is 0 Å². The van der Waals surface area contributed by atoms with Crippen molar-refractivity contribution >= 4 is 18.6 Å². The molecule has 0 saturated carbocycles. The summed E-state index contributed by atoms with van der Waals surface area (Å²) in [7, 11) is 0. The van der Waals surface area contributed by atoms with Crippen LogP contribution in [0.15, 0.2) is 0 Å². The summed E-state index contributed by atoms with van der Waals surface area (Å²) in [6, 6.07) is 0. The van der Waals surface area contributed by atoms with Crippen molar-refractivity contribution in [3.05, 3.63) is 0 Å². The van der Waals surface area contributed by atoms with Crippen LogP contribution < -0.4 is 0 Å². The fraction of sp³-hybridized carbons (Fsp3) is 0.857. The molecular formula is C7H12O3S. The van der Waals surface area contributed by atoms with Crippen LogP contribution in [-0.4, -0.2) is 24.6 Å². The van der Waals surface area contributed by atoms with Crippen LogP contribution in [0.2, 0.25) is 0 Å². The molecule has 4 heteroatoms. The van der Waals surface area contributed by atoms with E-state index in [2.05, 4.69) is 12.6 Å². The summed E-state index contributed by atoms with van der Waals surface area (Å²) >= 11 is 3.79. The van der Waals surface area contributed by atoms with Gasteiger partial charge in [-0.05, 0) is 12.8 Å². The van der Waals surface area contributed by atoms with Gasteiger partial charge in [-0.15, -0.1) is 0 Å². The fourth-order valence-electron chi connectivity index (χ4n) is 0.988. The number of thiol groups is 1. The van der Waals surface area contributed by atoms with E-state index in [9.17, 15) is 4.79 Å². The minimum Gasteiger partial charge on any atom is -0.435 e. The maximum absolute atomic E-state index is 10.7. The fourth-order valence-corrected chi connectivity index (χ4v) is 1.06. The highest BCUT2D eigenvalue weighted by Crippen LogP contribution is 2.13. The van der Waals surface area contributed by atoms with Gasteiger partial charge in [0.1, 0.15) is 0 Å². The topological polar surface area (TPSA) is 35.5 Å². The molecule has 0 aliphatic carbocycles. The predicted molar refractivity (Wildman–Crippen MR) is 43.5 cm³/mol. The molecule has 0 aromatic rings. The minimum atomic E-state index is -0.316. The van der Waals surface area contributed by atoms with Crippen molar-refractivity contribution in [2.75, 3.05) is 12.4 Å². The molecule has 0 amide bonds. The van der Waals surface area contributed by atoms with Gasteiger partial charge in [-0.1, -0.05) is 0 Å². The van der Waals surface area contributed by atoms with Gasteiger partial charge in [0.2, 0.25) is 6.29 Å². The van der Waals surface area contributed by atoms with Crippen LogP contribution in [0.4, 0.5) is 0 Å². The number of hydrogen-bond donors (Lipinski definition) is 1. The quantitative estimate of drug-likeness (QED) is 0.503. The van der Waals surface area contributed by atoms with Gasteiger partial charge < -0.3 is 9.47 Å². The third-order valence-electron chi connectivity index (χ3n) is 1.53. The molecule has 1 unspecified atom stereocenters. The zero-order valence-electron chi connectivity index (χ0n) is 6.28. The summed E-state index contributed by atoms with van der Waals surface area (Å²) in [6.45, 7) is 0.699. The minimum absolute atomic E-state index is 0.125. The molecule has 0 N–H and O–H groups in total. The second-order valence-electron chi connectivity index (χ2n) is 2.44. The zero-order chi connectivity index (χ0) is 8.10. The molecule has 0 bridgehead atoms. The highest BCUT2D eigenvalue weighted by Gasteiger charge is 2.16. The van der Waals surface area contributed by atoms with Crippen molar-refractivity contribution in [1.29, 1.82) is 0 Å². The molecule has 1 heterocycles. The summed E-state index contributed by atoms with van der Waals surface area (Å²) in [5.74, 6) is -0.180. The van der Waals surface area contributed by atoms with E-state index >= 15 is 0 Å². The third kappa shape index (κ3) is 3.12. The van der Waals surface area contributed by atoms with Gasteiger partial charge in [0.05, 0.1) is 12.4 Å². The molecule has 1 atom stereocenters. The average molecular weight is 176 g/mol. The smallest absolute Gasteiger partial charge is 0.317 e. The molecule has 1 saturated heterocycles. The first-order valence-electron chi connectivity index (χ1n) is 3.75. The highest BCUT2D eigenvalue weighted by atomic mass is 32.1. The first-order chi connectivity index (χ1) is 5.33. The van der Waals surface area contributed by atoms with Gasteiger partial charge >= 0.3 is 5.97 Å². The molecule has 1 aliphatic heterocycles. The van der Waals surface area contributed by atoms with E-state index < -0.39 is 0 Å². The van der Waals surface area contributed by atoms with E-state index in [4.69, 9.17) is 9.47 Å². The molecule has 0 aromatic carbocycles. The van der Waals surface area contributed by atoms with Crippen molar-refractivity contribution in [1.82, 2.24) is 0 Å². The molecule has 11 heavy (non-hydrogen) atoms. The van der Waals surface area contributed by atoms with Gasteiger partial charge in [-0.25, -0.2) is 0 Å². The standard InChI is InChI=1S/C7H12O3S/c8-6(5-11)10-7-3-1-2-4-9-7/h7,11H,1-5H2. The maximum Gasteiger partial charge on any atom is 0.317 e. The maximum atomic E-state index is 10.7. The Kier molecular flexibility index (Phi) is 3.72. The Labute approximate surface area is 71.5 Å². The summed E-state index contributed by atoms with van der Waals surface area (Å²) < 4.78 is 10.1. The lowest BCUT2D eigenvalue weighted by atomic mass is 10.2. The van der Waals surface area contributed by atoms with Crippen molar-refractivity contribution < 1.29 is 14.3 Å². The molecule has 3 nitrogen and oxygen atoms in total. The molecule has 1 aliphatic rings. The third-order valence-corrected chi connectivity index (χ3v) is 1.79. The molecule has 0 spiro atoms. The lowest BCUT2D eigenvalue weighted by Crippen LogP contribution is -2.25. The second-order valence-corrected chi connectivity index (χ2v) is 2.76. The van der Waals surface area contributed by atoms with Gasteiger partial charge in [-0.2, -0.15) is 12.6 Å². The van der Waals surface area contributed by atoms with Crippen molar-refractivity contribution in [3.63, 3.8) is 0 Å². The molecule has 1 rings (SSSR count). The average Bonchev–Trinajstić information content (AvgIpc) is 2.06. The lowest BCUT2D eigenvalue weighted by molar-refractivity contribution is -0.183.